The summed E-state index contributed by atoms with van der Waals surface area (Å²) in [4.78, 5) is 12.8. The van der Waals surface area contributed by atoms with Gasteiger partial charge in [-0.25, -0.2) is 4.39 Å². The second-order valence-electron chi connectivity index (χ2n) is 7.39. The van der Waals surface area contributed by atoms with Crippen molar-refractivity contribution in [3.8, 4) is 0 Å². The van der Waals surface area contributed by atoms with Gasteiger partial charge in [0.15, 0.2) is 5.76 Å². The number of hydrogen-bond acceptors (Lipinski definition) is 4. The molecule has 1 aliphatic rings. The van der Waals surface area contributed by atoms with E-state index < -0.39 is 0 Å². The summed E-state index contributed by atoms with van der Waals surface area (Å²) in [7, 11) is 0. The van der Waals surface area contributed by atoms with E-state index in [1.54, 1.807) is 12.1 Å². The number of hydrogen-bond donors (Lipinski definition) is 2. The van der Waals surface area contributed by atoms with Crippen LogP contribution in [-0.2, 0) is 12.8 Å². The van der Waals surface area contributed by atoms with Crippen LogP contribution in [0.1, 0.15) is 52.8 Å². The van der Waals surface area contributed by atoms with Crippen LogP contribution in [0.4, 0.5) is 15.8 Å². The molecule has 1 amide bonds. The first-order valence-corrected chi connectivity index (χ1v) is 10.2. The number of hydrazone groups is 1. The van der Waals surface area contributed by atoms with E-state index in [0.29, 0.717) is 11.4 Å². The molecule has 0 bridgehead atoms. The van der Waals surface area contributed by atoms with Crippen LogP contribution in [0.2, 0.25) is 0 Å². The van der Waals surface area contributed by atoms with Gasteiger partial charge >= 0.3 is 0 Å². The van der Waals surface area contributed by atoms with Gasteiger partial charge in [0, 0.05) is 23.2 Å². The van der Waals surface area contributed by atoms with E-state index in [1.165, 1.54) is 17.7 Å². The Morgan fingerprint density at radius 1 is 1.07 bits per heavy atom. The lowest BCUT2D eigenvalue weighted by Gasteiger charge is -2.13. The average Bonchev–Trinajstić information content (AvgIpc) is 3.11. The van der Waals surface area contributed by atoms with Crippen molar-refractivity contribution in [2.24, 2.45) is 5.10 Å². The molecule has 0 aliphatic heterocycles. The van der Waals surface area contributed by atoms with Gasteiger partial charge in [0.05, 0.1) is 11.4 Å². The lowest BCUT2D eigenvalue weighted by molar-refractivity contribution is 0.0994. The summed E-state index contributed by atoms with van der Waals surface area (Å²) in [5, 5.41) is 7.43. The van der Waals surface area contributed by atoms with Crippen LogP contribution in [0.25, 0.3) is 0 Å². The van der Waals surface area contributed by atoms with Crippen LogP contribution < -0.4 is 10.7 Å². The maximum Gasteiger partial charge on any atom is 0.291 e. The number of aryl methyl sites for hydroxylation is 2. The predicted octanol–water partition coefficient (Wildman–Crippen LogP) is 5.69. The first-order chi connectivity index (χ1) is 14.5. The molecule has 0 unspecified atom stereocenters. The maximum absolute atomic E-state index is 13.1. The van der Waals surface area contributed by atoms with E-state index in [9.17, 15) is 9.18 Å². The fraction of sp³-hybridized carbons (Fsp3) is 0.250. The number of amides is 1. The van der Waals surface area contributed by atoms with Crippen molar-refractivity contribution in [1.82, 2.24) is 0 Å². The normalized spacial score (nSPS) is 14.4. The molecule has 0 saturated heterocycles. The van der Waals surface area contributed by atoms with E-state index in [0.717, 1.165) is 54.0 Å². The van der Waals surface area contributed by atoms with Crippen LogP contribution in [0.15, 0.2) is 58.0 Å². The van der Waals surface area contributed by atoms with Crippen molar-refractivity contribution in [3.05, 3.63) is 82.6 Å². The van der Waals surface area contributed by atoms with Gasteiger partial charge in [-0.3, -0.25) is 10.2 Å². The molecule has 2 aromatic carbocycles. The van der Waals surface area contributed by atoms with E-state index >= 15 is 0 Å². The second kappa shape index (κ2) is 8.53. The molecule has 1 aromatic heterocycles. The fourth-order valence-electron chi connectivity index (χ4n) is 3.66. The highest BCUT2D eigenvalue weighted by molar-refractivity contribution is 6.09. The molecule has 4 rings (SSSR count). The van der Waals surface area contributed by atoms with Crippen molar-refractivity contribution in [2.75, 3.05) is 10.7 Å². The molecule has 0 spiro atoms. The zero-order chi connectivity index (χ0) is 21.1. The largest absolute Gasteiger partial charge is 0.455 e. The molecular formula is C24H24FN3O2. The summed E-state index contributed by atoms with van der Waals surface area (Å²) in [6, 6.07) is 13.8. The zero-order valence-corrected chi connectivity index (χ0v) is 17.1. The van der Waals surface area contributed by atoms with Gasteiger partial charge < -0.3 is 9.73 Å². The molecule has 1 aliphatic carbocycles. The first kappa shape index (κ1) is 19.9. The summed E-state index contributed by atoms with van der Waals surface area (Å²) in [6.07, 6.45) is 3.39. The molecular weight excluding hydrogens is 381 g/mol. The number of benzene rings is 2. The monoisotopic (exact) mass is 405 g/mol. The number of halogens is 1. The SMILES string of the molecule is CCc1ccc(NC(=O)c2oc3c(c2C)/C(=N/Nc2ccc(F)cc2)CCC3)cc1. The molecule has 0 atom stereocenters. The van der Waals surface area contributed by atoms with Gasteiger partial charge in [0.2, 0.25) is 0 Å². The number of carbonyl (C=O) groups is 1. The van der Waals surface area contributed by atoms with E-state index in [-0.39, 0.29) is 11.7 Å². The smallest absolute Gasteiger partial charge is 0.291 e. The number of nitrogens with one attached hydrogen (secondary N) is 2. The van der Waals surface area contributed by atoms with E-state index in [1.807, 2.05) is 31.2 Å². The molecule has 0 saturated carbocycles. The van der Waals surface area contributed by atoms with Crippen molar-refractivity contribution in [2.45, 2.75) is 39.5 Å². The quantitative estimate of drug-likeness (QED) is 0.536. The summed E-state index contributed by atoms with van der Waals surface area (Å²) < 4.78 is 19.0. The molecule has 30 heavy (non-hydrogen) atoms. The summed E-state index contributed by atoms with van der Waals surface area (Å²) in [5.41, 5.74) is 8.14. The highest BCUT2D eigenvalue weighted by atomic mass is 19.1. The lowest BCUT2D eigenvalue weighted by Crippen LogP contribution is -2.14. The Labute approximate surface area is 175 Å². The molecule has 0 radical (unpaired) electrons. The third kappa shape index (κ3) is 4.13. The van der Waals surface area contributed by atoms with Crippen LogP contribution in [0, 0.1) is 12.7 Å². The third-order valence-corrected chi connectivity index (χ3v) is 5.32. The van der Waals surface area contributed by atoms with Gasteiger partial charge in [-0.2, -0.15) is 5.10 Å². The topological polar surface area (TPSA) is 66.6 Å². The minimum Gasteiger partial charge on any atom is -0.455 e. The Balaban J connectivity index is 1.56. The minimum absolute atomic E-state index is 0.267. The Hall–Kier alpha value is -3.41. The molecule has 3 aromatic rings. The lowest BCUT2D eigenvalue weighted by atomic mass is 9.93. The Kier molecular flexibility index (Phi) is 5.65. The molecule has 0 fully saturated rings. The molecule has 2 N–H and O–H groups in total. The van der Waals surface area contributed by atoms with Gasteiger partial charge in [-0.05, 0) is 68.1 Å². The Morgan fingerprint density at radius 2 is 1.77 bits per heavy atom. The Bertz CT molecular complexity index is 1080. The summed E-state index contributed by atoms with van der Waals surface area (Å²) in [5.74, 6) is 0.539. The van der Waals surface area contributed by atoms with Crippen LogP contribution >= 0.6 is 0 Å². The van der Waals surface area contributed by atoms with Gasteiger partial charge in [-0.15, -0.1) is 0 Å². The highest BCUT2D eigenvalue weighted by Crippen LogP contribution is 2.30. The number of fused-ring (bicyclic) bond motifs is 1. The van der Waals surface area contributed by atoms with Gasteiger partial charge in [0.1, 0.15) is 11.6 Å². The number of anilines is 2. The fourth-order valence-corrected chi connectivity index (χ4v) is 3.66. The van der Waals surface area contributed by atoms with E-state index in [4.69, 9.17) is 4.42 Å². The van der Waals surface area contributed by atoms with Crippen LogP contribution in [-0.4, -0.2) is 11.6 Å². The minimum atomic E-state index is -0.293. The van der Waals surface area contributed by atoms with Crippen molar-refractivity contribution < 1.29 is 13.6 Å². The van der Waals surface area contributed by atoms with Crippen molar-refractivity contribution in [1.29, 1.82) is 0 Å². The van der Waals surface area contributed by atoms with Crippen LogP contribution in [0.5, 0.6) is 0 Å². The Morgan fingerprint density at radius 3 is 2.47 bits per heavy atom. The molecule has 154 valence electrons. The van der Waals surface area contributed by atoms with Gasteiger partial charge in [-0.1, -0.05) is 19.1 Å². The number of furan rings is 1. The molecule has 1 heterocycles. The summed E-state index contributed by atoms with van der Waals surface area (Å²) in [6.45, 7) is 3.98. The highest BCUT2D eigenvalue weighted by Gasteiger charge is 2.28. The predicted molar refractivity (Wildman–Crippen MR) is 117 cm³/mol. The second-order valence-corrected chi connectivity index (χ2v) is 7.39. The summed E-state index contributed by atoms with van der Waals surface area (Å²) >= 11 is 0. The number of nitrogens with zero attached hydrogens (tertiary/aromatic N) is 1. The molecule has 6 heteroatoms. The number of carbonyl (C=O) groups excluding carboxylic acids is 1. The first-order valence-electron chi connectivity index (χ1n) is 10.2. The van der Waals surface area contributed by atoms with E-state index in [2.05, 4.69) is 22.8 Å². The van der Waals surface area contributed by atoms with Crippen molar-refractivity contribution >= 4 is 23.0 Å². The average molecular weight is 405 g/mol. The van der Waals surface area contributed by atoms with Crippen LogP contribution in [0.3, 0.4) is 0 Å². The molecule has 5 nitrogen and oxygen atoms in total. The standard InChI is InChI=1S/C24H24FN3O2/c1-3-16-7-11-18(12-8-16)26-24(29)23-15(2)22-20(5-4-6-21(22)30-23)28-27-19-13-9-17(25)10-14-19/h7-14,27H,3-6H2,1-2H3,(H,26,29)/b28-20+. The number of rotatable bonds is 5. The third-order valence-electron chi connectivity index (χ3n) is 5.32. The zero-order valence-electron chi connectivity index (χ0n) is 17.1. The van der Waals surface area contributed by atoms with Crippen molar-refractivity contribution in [3.63, 3.8) is 0 Å². The maximum atomic E-state index is 13.1. The van der Waals surface area contributed by atoms with Gasteiger partial charge in [0.25, 0.3) is 5.91 Å².